The third-order valence-electron chi connectivity index (χ3n) is 4.18. The molecule has 2 aromatic carbocycles. The van der Waals surface area contributed by atoms with Crippen LogP contribution in [0.4, 0.5) is 0 Å². The number of hydrogen-bond donors (Lipinski definition) is 2. The smallest absolute Gasteiger partial charge is 0.102 e. The summed E-state index contributed by atoms with van der Waals surface area (Å²) < 4.78 is 0. The first-order valence-electron chi connectivity index (χ1n) is 8.50. The van der Waals surface area contributed by atoms with Gasteiger partial charge in [0, 0.05) is 11.4 Å². The highest BCUT2D eigenvalue weighted by Gasteiger charge is 2.14. The van der Waals surface area contributed by atoms with Crippen molar-refractivity contribution in [3.05, 3.63) is 83.9 Å². The fourth-order valence-electron chi connectivity index (χ4n) is 2.80. The van der Waals surface area contributed by atoms with Crippen LogP contribution in [0.5, 0.6) is 0 Å². The van der Waals surface area contributed by atoms with Gasteiger partial charge in [-0.25, -0.2) is 0 Å². The minimum atomic E-state index is 0.588. The zero-order chi connectivity index (χ0) is 19.3. The normalized spacial score (nSPS) is 10.4. The lowest BCUT2D eigenvalue weighted by Gasteiger charge is -2.00. The zero-order valence-corrected chi connectivity index (χ0v) is 16.3. The average molecular weight is 399 g/mol. The number of aromatic nitrogens is 2. The Hall–Kier alpha value is -3.32. The molecule has 0 unspecified atom stereocenters. The fourth-order valence-corrected chi connectivity index (χ4v) is 4.95. The number of nitriles is 2. The molecule has 2 N–H and O–H groups in total. The maximum Gasteiger partial charge on any atom is 0.102 e. The minimum absolute atomic E-state index is 0.588. The van der Waals surface area contributed by atoms with Crippen LogP contribution in [0.2, 0.25) is 0 Å². The molecule has 0 bridgehead atoms. The summed E-state index contributed by atoms with van der Waals surface area (Å²) in [7, 11) is 2.87. The summed E-state index contributed by atoms with van der Waals surface area (Å²) in [5, 5.41) is 20.5. The third-order valence-corrected chi connectivity index (χ3v) is 6.49. The molecule has 0 saturated heterocycles. The van der Waals surface area contributed by atoms with Crippen LogP contribution in [-0.4, -0.2) is 9.97 Å². The second kappa shape index (κ2) is 8.14. The molecule has 0 fully saturated rings. The van der Waals surface area contributed by atoms with Crippen molar-refractivity contribution in [1.29, 1.82) is 10.5 Å². The standard InChI is InChI=1S/C22H14N4S2/c23-13-17-11-19(15-7-3-1-4-8-15)25-21(17)27-28-22-18(14-24)12-20(26-22)16-9-5-2-6-10-16/h1-12,25-26H. The van der Waals surface area contributed by atoms with Gasteiger partial charge in [0.2, 0.25) is 0 Å². The summed E-state index contributed by atoms with van der Waals surface area (Å²) in [6, 6.07) is 28.0. The molecule has 4 aromatic rings. The van der Waals surface area contributed by atoms with E-state index in [1.807, 2.05) is 72.8 Å². The maximum atomic E-state index is 9.48. The van der Waals surface area contributed by atoms with Crippen molar-refractivity contribution < 1.29 is 0 Å². The fraction of sp³-hybridized carbons (Fsp3) is 0. The highest BCUT2D eigenvalue weighted by molar-refractivity contribution is 8.76. The Morgan fingerprint density at radius 1 is 0.607 bits per heavy atom. The molecule has 134 valence electrons. The highest BCUT2D eigenvalue weighted by atomic mass is 33.1. The average Bonchev–Trinajstić information content (AvgIpc) is 3.37. The quantitative estimate of drug-likeness (QED) is 0.391. The summed E-state index contributed by atoms with van der Waals surface area (Å²) in [5.74, 6) is 0. The Kier molecular flexibility index (Phi) is 5.25. The molecule has 0 radical (unpaired) electrons. The van der Waals surface area contributed by atoms with Crippen molar-refractivity contribution in [3.63, 3.8) is 0 Å². The van der Waals surface area contributed by atoms with E-state index in [1.165, 1.54) is 21.6 Å². The molecular weight excluding hydrogens is 384 g/mol. The van der Waals surface area contributed by atoms with Crippen molar-refractivity contribution in [1.82, 2.24) is 9.97 Å². The number of aromatic amines is 2. The van der Waals surface area contributed by atoms with E-state index in [4.69, 9.17) is 0 Å². The number of hydrogen-bond acceptors (Lipinski definition) is 4. The Bertz CT molecular complexity index is 1080. The highest BCUT2D eigenvalue weighted by Crippen LogP contribution is 2.41. The molecule has 0 atom stereocenters. The van der Waals surface area contributed by atoms with Gasteiger partial charge in [0.15, 0.2) is 0 Å². The summed E-state index contributed by atoms with van der Waals surface area (Å²) in [6.07, 6.45) is 0. The zero-order valence-electron chi connectivity index (χ0n) is 14.6. The van der Waals surface area contributed by atoms with E-state index in [0.717, 1.165) is 32.6 Å². The van der Waals surface area contributed by atoms with E-state index in [0.29, 0.717) is 11.1 Å². The lowest BCUT2D eigenvalue weighted by atomic mass is 10.1. The van der Waals surface area contributed by atoms with Crippen LogP contribution in [0.3, 0.4) is 0 Å². The van der Waals surface area contributed by atoms with Gasteiger partial charge in [-0.05, 0) is 44.8 Å². The summed E-state index contributed by atoms with van der Waals surface area (Å²) in [6.45, 7) is 0. The van der Waals surface area contributed by atoms with Crippen LogP contribution in [0.25, 0.3) is 22.5 Å². The SMILES string of the molecule is N#Cc1cc(-c2ccccc2)[nH]c1SSc1[nH]c(-c2ccccc2)cc1C#N. The van der Waals surface area contributed by atoms with Crippen LogP contribution >= 0.6 is 21.6 Å². The van der Waals surface area contributed by atoms with Crippen LogP contribution in [0.1, 0.15) is 11.1 Å². The third kappa shape index (κ3) is 3.70. The predicted octanol–water partition coefficient (Wildman–Crippen LogP) is 6.22. The number of benzene rings is 2. The lowest BCUT2D eigenvalue weighted by Crippen LogP contribution is -1.78. The van der Waals surface area contributed by atoms with Gasteiger partial charge in [0.1, 0.15) is 22.2 Å². The molecule has 0 aliphatic carbocycles. The molecular formula is C22H14N4S2. The molecule has 2 heterocycles. The van der Waals surface area contributed by atoms with Gasteiger partial charge < -0.3 is 9.97 Å². The first-order chi connectivity index (χ1) is 13.8. The molecule has 6 heteroatoms. The largest absolute Gasteiger partial charge is 0.348 e. The molecule has 0 aliphatic heterocycles. The molecule has 28 heavy (non-hydrogen) atoms. The molecule has 0 saturated carbocycles. The Labute approximate surface area is 170 Å². The first-order valence-corrected chi connectivity index (χ1v) is 10.6. The molecule has 0 aliphatic rings. The summed E-state index contributed by atoms with van der Waals surface area (Å²) in [5.41, 5.74) is 5.03. The van der Waals surface area contributed by atoms with Crippen molar-refractivity contribution in [2.45, 2.75) is 10.1 Å². The summed E-state index contributed by atoms with van der Waals surface area (Å²) >= 11 is 0. The van der Waals surface area contributed by atoms with Crippen LogP contribution in [0.15, 0.2) is 82.8 Å². The molecule has 4 rings (SSSR count). The van der Waals surface area contributed by atoms with Gasteiger partial charge in [0.25, 0.3) is 0 Å². The number of nitrogens with zero attached hydrogens (tertiary/aromatic N) is 2. The molecule has 0 amide bonds. The minimum Gasteiger partial charge on any atom is -0.348 e. The van der Waals surface area contributed by atoms with E-state index >= 15 is 0 Å². The van der Waals surface area contributed by atoms with Crippen LogP contribution in [-0.2, 0) is 0 Å². The second-order valence-electron chi connectivity index (χ2n) is 5.97. The predicted molar refractivity (Wildman–Crippen MR) is 114 cm³/mol. The maximum absolute atomic E-state index is 9.48. The van der Waals surface area contributed by atoms with Gasteiger partial charge in [-0.3, -0.25) is 0 Å². The van der Waals surface area contributed by atoms with Crippen molar-refractivity contribution in [2.75, 3.05) is 0 Å². The lowest BCUT2D eigenvalue weighted by molar-refractivity contribution is 1.19. The van der Waals surface area contributed by atoms with Crippen LogP contribution < -0.4 is 0 Å². The summed E-state index contributed by atoms with van der Waals surface area (Å²) in [4.78, 5) is 6.64. The monoisotopic (exact) mass is 398 g/mol. The van der Waals surface area contributed by atoms with Gasteiger partial charge in [-0.15, -0.1) is 0 Å². The molecule has 2 aromatic heterocycles. The Morgan fingerprint density at radius 2 is 1.00 bits per heavy atom. The topological polar surface area (TPSA) is 79.2 Å². The van der Waals surface area contributed by atoms with Crippen molar-refractivity contribution >= 4 is 21.6 Å². The number of H-pyrrole nitrogens is 2. The Morgan fingerprint density at radius 3 is 1.36 bits per heavy atom. The second-order valence-corrected chi connectivity index (χ2v) is 8.12. The van der Waals surface area contributed by atoms with Gasteiger partial charge in [0.05, 0.1) is 11.1 Å². The van der Waals surface area contributed by atoms with E-state index < -0.39 is 0 Å². The van der Waals surface area contributed by atoms with E-state index in [9.17, 15) is 10.5 Å². The van der Waals surface area contributed by atoms with E-state index in [-0.39, 0.29) is 0 Å². The van der Waals surface area contributed by atoms with Gasteiger partial charge in [-0.2, -0.15) is 10.5 Å². The van der Waals surface area contributed by atoms with Crippen molar-refractivity contribution in [3.8, 4) is 34.7 Å². The molecule has 0 spiro atoms. The first kappa shape index (κ1) is 18.1. The van der Waals surface area contributed by atoms with E-state index in [2.05, 4.69) is 22.1 Å². The number of rotatable bonds is 5. The van der Waals surface area contributed by atoms with Crippen molar-refractivity contribution in [2.24, 2.45) is 0 Å². The molecule has 4 nitrogen and oxygen atoms in total. The van der Waals surface area contributed by atoms with Gasteiger partial charge in [-0.1, -0.05) is 60.7 Å². The van der Waals surface area contributed by atoms with E-state index in [1.54, 1.807) is 0 Å². The number of nitrogens with one attached hydrogen (secondary N) is 2. The Balaban J connectivity index is 1.58. The van der Waals surface area contributed by atoms with Gasteiger partial charge >= 0.3 is 0 Å². The van der Waals surface area contributed by atoms with Crippen LogP contribution in [0, 0.1) is 22.7 Å².